The maximum absolute atomic E-state index is 13.3. The molecule has 0 radical (unpaired) electrons. The number of carbonyl (C=O) groups is 3. The molecule has 1 aromatic rings. The van der Waals surface area contributed by atoms with Gasteiger partial charge in [0.05, 0.1) is 32.4 Å². The van der Waals surface area contributed by atoms with Gasteiger partial charge in [-0.2, -0.15) is 0 Å². The molecule has 1 saturated heterocycles. The SMILES string of the molecule is CCOC(=O)C1=C(CN2CCN(C(=O)C3CC3)C(C)C2)N(C)C(=O)NC1c1cccc(OC)c1OC. The predicted molar refractivity (Wildman–Crippen MR) is 133 cm³/mol. The van der Waals surface area contributed by atoms with Crippen molar-refractivity contribution in [3.63, 3.8) is 0 Å². The molecule has 196 valence electrons. The number of benzene rings is 1. The highest BCUT2D eigenvalue weighted by molar-refractivity contribution is 5.95. The molecule has 1 aromatic carbocycles. The zero-order valence-electron chi connectivity index (χ0n) is 21.7. The Labute approximate surface area is 212 Å². The molecule has 0 bridgehead atoms. The Hall–Kier alpha value is -3.27. The average molecular weight is 501 g/mol. The molecule has 1 N–H and O–H groups in total. The molecule has 2 aliphatic heterocycles. The standard InChI is InChI=1S/C26H36N4O6/c1-6-36-25(32)21-19(15-29-12-13-30(16(2)14-29)24(31)17-10-11-17)28(3)26(33)27-22(21)18-8-7-9-20(34-4)23(18)35-5/h7-9,16-17,22H,6,10-15H2,1-5H3,(H,27,33). The van der Waals surface area contributed by atoms with Gasteiger partial charge in [0, 0.05) is 56.4 Å². The summed E-state index contributed by atoms with van der Waals surface area (Å²) in [6, 6.07) is 4.31. The number of carbonyl (C=O) groups excluding carboxylic acids is 3. The fourth-order valence-corrected chi connectivity index (χ4v) is 5.05. The van der Waals surface area contributed by atoms with Crippen molar-refractivity contribution >= 4 is 17.9 Å². The lowest BCUT2D eigenvalue weighted by molar-refractivity contribution is -0.139. The van der Waals surface area contributed by atoms with Crippen molar-refractivity contribution in [2.75, 3.05) is 54.1 Å². The number of urea groups is 1. The van der Waals surface area contributed by atoms with E-state index in [4.69, 9.17) is 14.2 Å². The molecule has 10 heteroatoms. The highest BCUT2D eigenvalue weighted by Gasteiger charge is 2.41. The summed E-state index contributed by atoms with van der Waals surface area (Å²) in [5.41, 5.74) is 1.53. The number of para-hydroxylation sites is 1. The van der Waals surface area contributed by atoms with E-state index in [-0.39, 0.29) is 30.5 Å². The van der Waals surface area contributed by atoms with Gasteiger partial charge >= 0.3 is 12.0 Å². The van der Waals surface area contributed by atoms with Gasteiger partial charge in [-0.3, -0.25) is 14.6 Å². The number of rotatable bonds is 8. The Morgan fingerprint density at radius 1 is 1.14 bits per heavy atom. The number of esters is 1. The minimum absolute atomic E-state index is 0.0514. The van der Waals surface area contributed by atoms with Crippen molar-refractivity contribution in [2.24, 2.45) is 5.92 Å². The van der Waals surface area contributed by atoms with Crippen LogP contribution in [0.2, 0.25) is 0 Å². The summed E-state index contributed by atoms with van der Waals surface area (Å²) in [6.07, 6.45) is 1.97. The summed E-state index contributed by atoms with van der Waals surface area (Å²) in [4.78, 5) is 44.7. The number of hydrogen-bond acceptors (Lipinski definition) is 7. The van der Waals surface area contributed by atoms with Crippen molar-refractivity contribution in [2.45, 2.75) is 38.8 Å². The lowest BCUT2D eigenvalue weighted by Gasteiger charge is -2.42. The van der Waals surface area contributed by atoms with E-state index in [1.54, 1.807) is 32.2 Å². The highest BCUT2D eigenvalue weighted by atomic mass is 16.5. The number of piperazine rings is 1. The molecule has 2 unspecified atom stereocenters. The lowest BCUT2D eigenvalue weighted by atomic mass is 9.93. The molecule has 1 saturated carbocycles. The van der Waals surface area contributed by atoms with E-state index in [1.165, 1.54) is 19.1 Å². The van der Waals surface area contributed by atoms with Gasteiger partial charge < -0.3 is 24.4 Å². The van der Waals surface area contributed by atoms with Gasteiger partial charge in [0.15, 0.2) is 11.5 Å². The van der Waals surface area contributed by atoms with Gasteiger partial charge in [-0.05, 0) is 32.8 Å². The maximum Gasteiger partial charge on any atom is 0.338 e. The summed E-state index contributed by atoms with van der Waals surface area (Å²) < 4.78 is 16.5. The minimum atomic E-state index is -0.775. The maximum atomic E-state index is 13.3. The van der Waals surface area contributed by atoms with E-state index >= 15 is 0 Å². The van der Waals surface area contributed by atoms with Crippen LogP contribution < -0.4 is 14.8 Å². The number of amides is 3. The molecule has 3 amide bonds. The first-order valence-corrected chi connectivity index (χ1v) is 12.5. The number of hydrogen-bond donors (Lipinski definition) is 1. The van der Waals surface area contributed by atoms with Crippen LogP contribution in [0, 0.1) is 5.92 Å². The Balaban J connectivity index is 1.69. The van der Waals surface area contributed by atoms with Crippen molar-refractivity contribution in [3.05, 3.63) is 35.0 Å². The van der Waals surface area contributed by atoms with Crippen LogP contribution in [0.5, 0.6) is 11.5 Å². The molecule has 36 heavy (non-hydrogen) atoms. The zero-order valence-corrected chi connectivity index (χ0v) is 21.7. The second-order valence-corrected chi connectivity index (χ2v) is 9.50. The van der Waals surface area contributed by atoms with Crippen LogP contribution in [0.25, 0.3) is 0 Å². The second-order valence-electron chi connectivity index (χ2n) is 9.50. The molecule has 1 aliphatic carbocycles. The molecule has 0 aromatic heterocycles. The third-order valence-electron chi connectivity index (χ3n) is 7.11. The van der Waals surface area contributed by atoms with Crippen molar-refractivity contribution in [1.82, 2.24) is 20.0 Å². The van der Waals surface area contributed by atoms with Crippen LogP contribution >= 0.6 is 0 Å². The van der Waals surface area contributed by atoms with Crippen LogP contribution in [0.3, 0.4) is 0 Å². The molecular weight excluding hydrogens is 464 g/mol. The number of ether oxygens (including phenoxy) is 3. The van der Waals surface area contributed by atoms with Crippen molar-refractivity contribution in [3.8, 4) is 11.5 Å². The molecular formula is C26H36N4O6. The number of methoxy groups -OCH3 is 2. The third kappa shape index (κ3) is 5.00. The molecule has 2 fully saturated rings. The summed E-state index contributed by atoms with van der Waals surface area (Å²) in [7, 11) is 4.72. The van der Waals surface area contributed by atoms with Crippen LogP contribution in [0.15, 0.2) is 29.5 Å². The minimum Gasteiger partial charge on any atom is -0.493 e. The molecule has 10 nitrogen and oxygen atoms in total. The van der Waals surface area contributed by atoms with E-state index in [1.807, 2.05) is 11.8 Å². The Bertz CT molecular complexity index is 1050. The summed E-state index contributed by atoms with van der Waals surface area (Å²) in [5.74, 6) is 0.872. The van der Waals surface area contributed by atoms with Gasteiger partial charge in [-0.15, -0.1) is 0 Å². The summed E-state index contributed by atoms with van der Waals surface area (Å²) in [5, 5.41) is 2.94. The van der Waals surface area contributed by atoms with Crippen molar-refractivity contribution < 1.29 is 28.6 Å². The Morgan fingerprint density at radius 2 is 1.89 bits per heavy atom. The van der Waals surface area contributed by atoms with Gasteiger partial charge in [0.1, 0.15) is 0 Å². The van der Waals surface area contributed by atoms with Gasteiger partial charge in [0.25, 0.3) is 0 Å². The molecule has 4 rings (SSSR count). The summed E-state index contributed by atoms with van der Waals surface area (Å²) in [6.45, 7) is 6.31. The summed E-state index contributed by atoms with van der Waals surface area (Å²) >= 11 is 0. The van der Waals surface area contributed by atoms with Crippen molar-refractivity contribution in [1.29, 1.82) is 0 Å². The third-order valence-corrected chi connectivity index (χ3v) is 7.11. The van der Waals surface area contributed by atoms with Gasteiger partial charge in [-0.1, -0.05) is 12.1 Å². The Morgan fingerprint density at radius 3 is 2.50 bits per heavy atom. The van der Waals surface area contributed by atoms with Crippen LogP contribution in [0.4, 0.5) is 4.79 Å². The smallest absolute Gasteiger partial charge is 0.338 e. The first-order valence-electron chi connectivity index (χ1n) is 12.5. The number of likely N-dealkylation sites (N-methyl/N-ethyl adjacent to an activating group) is 1. The lowest BCUT2D eigenvalue weighted by Crippen LogP contribution is -2.56. The average Bonchev–Trinajstić information content (AvgIpc) is 3.71. The van der Waals surface area contributed by atoms with E-state index in [9.17, 15) is 14.4 Å². The quantitative estimate of drug-likeness (QED) is 0.546. The van der Waals surface area contributed by atoms with Crippen LogP contribution in [-0.4, -0.2) is 92.7 Å². The molecule has 3 aliphatic rings. The van der Waals surface area contributed by atoms with Gasteiger partial charge in [-0.25, -0.2) is 9.59 Å². The first-order chi connectivity index (χ1) is 17.3. The fraction of sp³-hybridized carbons (Fsp3) is 0.577. The first kappa shape index (κ1) is 25.8. The number of nitrogens with one attached hydrogen (secondary N) is 1. The normalized spacial score (nSPS) is 22.9. The Kier molecular flexibility index (Phi) is 7.73. The topological polar surface area (TPSA) is 101 Å². The molecule has 0 spiro atoms. The van der Waals surface area contributed by atoms with Crippen LogP contribution in [-0.2, 0) is 14.3 Å². The number of nitrogens with zero attached hydrogens (tertiary/aromatic N) is 3. The van der Waals surface area contributed by atoms with E-state index in [2.05, 4.69) is 10.2 Å². The fourth-order valence-electron chi connectivity index (χ4n) is 5.05. The van der Waals surface area contributed by atoms with E-state index in [0.717, 1.165) is 12.8 Å². The van der Waals surface area contributed by atoms with Crippen LogP contribution in [0.1, 0.15) is 38.3 Å². The van der Waals surface area contributed by atoms with E-state index < -0.39 is 12.0 Å². The van der Waals surface area contributed by atoms with Gasteiger partial charge in [0.2, 0.25) is 5.91 Å². The second kappa shape index (κ2) is 10.8. The molecule has 2 heterocycles. The predicted octanol–water partition coefficient (Wildman–Crippen LogP) is 2.16. The van der Waals surface area contributed by atoms with E-state index in [0.29, 0.717) is 54.5 Å². The zero-order chi connectivity index (χ0) is 26.0. The highest BCUT2D eigenvalue weighted by Crippen LogP contribution is 2.40. The monoisotopic (exact) mass is 500 g/mol. The molecule has 2 atom stereocenters. The largest absolute Gasteiger partial charge is 0.493 e.